The van der Waals surface area contributed by atoms with Crippen molar-refractivity contribution in [2.45, 2.75) is 72.8 Å². The molecule has 0 N–H and O–H groups in total. The van der Waals surface area contributed by atoms with Gasteiger partial charge in [0.1, 0.15) is 6.17 Å². The third-order valence-corrected chi connectivity index (χ3v) is 2.96. The van der Waals surface area contributed by atoms with E-state index in [0.29, 0.717) is 6.42 Å². The van der Waals surface area contributed by atoms with Crippen LogP contribution in [-0.4, -0.2) is 18.4 Å². The van der Waals surface area contributed by atoms with Gasteiger partial charge in [-0.25, -0.2) is 4.39 Å². The second kappa shape index (κ2) is 4.04. The molecule has 0 aliphatic carbocycles. The Hall–Kier alpha value is -0.110. The highest BCUT2D eigenvalue weighted by molar-refractivity contribution is 4.90. The molecule has 1 rings (SSSR count). The van der Waals surface area contributed by atoms with E-state index in [2.05, 4.69) is 41.5 Å². The summed E-state index contributed by atoms with van der Waals surface area (Å²) < 4.78 is 19.6. The van der Waals surface area contributed by atoms with Gasteiger partial charge in [0, 0.05) is 6.42 Å². The quantitative estimate of drug-likeness (QED) is 0.644. The standard InChI is InChI=1S/C13H25FO/c1-12(2,3)8-10-9(14)7-11(15-10)13(4,5)6/h9-11H,7-8H2,1-6H3. The van der Waals surface area contributed by atoms with Crippen molar-refractivity contribution in [2.75, 3.05) is 0 Å². The molecule has 0 radical (unpaired) electrons. The lowest BCUT2D eigenvalue weighted by Crippen LogP contribution is -2.28. The van der Waals surface area contributed by atoms with Gasteiger partial charge in [0.2, 0.25) is 0 Å². The Balaban J connectivity index is 2.57. The lowest BCUT2D eigenvalue weighted by Gasteiger charge is -2.28. The lowest BCUT2D eigenvalue weighted by molar-refractivity contribution is -0.0376. The molecular formula is C13H25FO. The number of halogens is 1. The SMILES string of the molecule is CC(C)(C)CC1OC(C(C)(C)C)CC1F. The number of hydrogen-bond acceptors (Lipinski definition) is 1. The first-order valence-electron chi connectivity index (χ1n) is 5.89. The van der Waals surface area contributed by atoms with Crippen molar-refractivity contribution >= 4 is 0 Å². The minimum atomic E-state index is -0.784. The van der Waals surface area contributed by atoms with E-state index in [9.17, 15) is 4.39 Å². The summed E-state index contributed by atoms with van der Waals surface area (Å²) >= 11 is 0. The Morgan fingerprint density at radius 2 is 1.67 bits per heavy atom. The molecule has 1 nitrogen and oxygen atoms in total. The van der Waals surface area contributed by atoms with Crippen LogP contribution in [0.2, 0.25) is 0 Å². The first-order valence-corrected chi connectivity index (χ1v) is 5.89. The predicted octanol–water partition coefficient (Wildman–Crippen LogP) is 3.96. The molecule has 0 aromatic heterocycles. The molecular weight excluding hydrogens is 191 g/mol. The van der Waals surface area contributed by atoms with Crippen LogP contribution < -0.4 is 0 Å². The Kier molecular flexibility index (Phi) is 3.49. The zero-order valence-electron chi connectivity index (χ0n) is 10.9. The topological polar surface area (TPSA) is 9.23 Å². The summed E-state index contributed by atoms with van der Waals surface area (Å²) in [5.41, 5.74) is 0.193. The largest absolute Gasteiger partial charge is 0.371 e. The molecule has 1 heterocycles. The molecule has 3 atom stereocenters. The van der Waals surface area contributed by atoms with E-state index >= 15 is 0 Å². The zero-order chi connectivity index (χ0) is 11.9. The van der Waals surface area contributed by atoms with Crippen LogP contribution in [0.1, 0.15) is 54.4 Å². The van der Waals surface area contributed by atoms with Crippen LogP contribution in [-0.2, 0) is 4.74 Å². The highest BCUT2D eigenvalue weighted by Gasteiger charge is 2.42. The molecule has 0 aromatic carbocycles. The second-order valence-corrected chi connectivity index (χ2v) is 7.05. The normalized spacial score (nSPS) is 33.4. The van der Waals surface area contributed by atoms with E-state index in [1.54, 1.807) is 0 Å². The molecule has 1 aliphatic rings. The zero-order valence-corrected chi connectivity index (χ0v) is 10.9. The van der Waals surface area contributed by atoms with E-state index in [1.807, 2.05) is 0 Å². The Bertz CT molecular complexity index is 212. The molecule has 0 aromatic rings. The van der Waals surface area contributed by atoms with Crippen molar-refractivity contribution in [1.82, 2.24) is 0 Å². The van der Waals surface area contributed by atoms with E-state index in [-0.39, 0.29) is 23.0 Å². The highest BCUT2D eigenvalue weighted by atomic mass is 19.1. The average Bonchev–Trinajstić information content (AvgIpc) is 2.27. The van der Waals surface area contributed by atoms with Crippen LogP contribution >= 0.6 is 0 Å². The van der Waals surface area contributed by atoms with Crippen molar-refractivity contribution in [1.29, 1.82) is 0 Å². The second-order valence-electron chi connectivity index (χ2n) is 7.05. The van der Waals surface area contributed by atoms with Gasteiger partial charge in [-0.05, 0) is 17.3 Å². The highest BCUT2D eigenvalue weighted by Crippen LogP contribution is 2.38. The minimum absolute atomic E-state index is 0.0526. The van der Waals surface area contributed by atoms with Gasteiger partial charge in [0.15, 0.2) is 0 Å². The number of hydrogen-bond donors (Lipinski definition) is 0. The minimum Gasteiger partial charge on any atom is -0.371 e. The smallest absolute Gasteiger partial charge is 0.129 e. The van der Waals surface area contributed by atoms with Crippen LogP contribution in [0.3, 0.4) is 0 Å². The molecule has 2 heteroatoms. The molecule has 0 bridgehead atoms. The molecule has 0 spiro atoms. The van der Waals surface area contributed by atoms with Crippen molar-refractivity contribution in [3.8, 4) is 0 Å². The van der Waals surface area contributed by atoms with Gasteiger partial charge < -0.3 is 4.74 Å². The Morgan fingerprint density at radius 1 is 1.13 bits per heavy atom. The van der Waals surface area contributed by atoms with Crippen LogP contribution in [0.25, 0.3) is 0 Å². The van der Waals surface area contributed by atoms with Gasteiger partial charge in [-0.2, -0.15) is 0 Å². The average molecular weight is 216 g/mol. The van der Waals surface area contributed by atoms with E-state index in [4.69, 9.17) is 4.74 Å². The van der Waals surface area contributed by atoms with E-state index in [1.165, 1.54) is 0 Å². The predicted molar refractivity (Wildman–Crippen MR) is 61.7 cm³/mol. The summed E-state index contributed by atoms with van der Waals surface area (Å²) in [4.78, 5) is 0. The Morgan fingerprint density at radius 3 is 2.00 bits per heavy atom. The number of alkyl halides is 1. The van der Waals surface area contributed by atoms with Gasteiger partial charge in [0.25, 0.3) is 0 Å². The van der Waals surface area contributed by atoms with Crippen LogP contribution in [0, 0.1) is 10.8 Å². The van der Waals surface area contributed by atoms with Crippen LogP contribution in [0.4, 0.5) is 4.39 Å². The maximum atomic E-state index is 13.8. The molecule has 15 heavy (non-hydrogen) atoms. The van der Waals surface area contributed by atoms with E-state index < -0.39 is 6.17 Å². The lowest BCUT2D eigenvalue weighted by atomic mass is 9.86. The van der Waals surface area contributed by atoms with Crippen molar-refractivity contribution in [3.05, 3.63) is 0 Å². The maximum Gasteiger partial charge on any atom is 0.129 e. The van der Waals surface area contributed by atoms with Gasteiger partial charge >= 0.3 is 0 Å². The third kappa shape index (κ3) is 3.75. The monoisotopic (exact) mass is 216 g/mol. The number of rotatable bonds is 1. The first kappa shape index (κ1) is 13.0. The summed E-state index contributed by atoms with van der Waals surface area (Å²) in [5.74, 6) is 0. The molecule has 0 amide bonds. The Labute approximate surface area is 93.4 Å². The fourth-order valence-electron chi connectivity index (χ4n) is 2.05. The summed E-state index contributed by atoms with van der Waals surface area (Å²) in [7, 11) is 0. The van der Waals surface area contributed by atoms with Crippen LogP contribution in [0.5, 0.6) is 0 Å². The van der Waals surface area contributed by atoms with Crippen molar-refractivity contribution in [2.24, 2.45) is 10.8 Å². The summed E-state index contributed by atoms with van der Waals surface area (Å²) in [6.45, 7) is 12.7. The van der Waals surface area contributed by atoms with Crippen LogP contribution in [0.15, 0.2) is 0 Å². The maximum absolute atomic E-state index is 13.8. The van der Waals surface area contributed by atoms with Gasteiger partial charge in [-0.1, -0.05) is 41.5 Å². The third-order valence-electron chi connectivity index (χ3n) is 2.96. The summed E-state index contributed by atoms with van der Waals surface area (Å²) in [5, 5.41) is 0. The fourth-order valence-corrected chi connectivity index (χ4v) is 2.05. The van der Waals surface area contributed by atoms with Crippen molar-refractivity contribution in [3.63, 3.8) is 0 Å². The molecule has 90 valence electrons. The van der Waals surface area contributed by atoms with Gasteiger partial charge in [0.05, 0.1) is 12.2 Å². The van der Waals surface area contributed by atoms with Gasteiger partial charge in [-0.15, -0.1) is 0 Å². The molecule has 1 fully saturated rings. The molecule has 0 saturated carbocycles. The fraction of sp³-hybridized carbons (Fsp3) is 1.00. The summed E-state index contributed by atoms with van der Waals surface area (Å²) in [6, 6.07) is 0. The number of ether oxygens (including phenoxy) is 1. The van der Waals surface area contributed by atoms with Crippen molar-refractivity contribution < 1.29 is 9.13 Å². The van der Waals surface area contributed by atoms with E-state index in [0.717, 1.165) is 6.42 Å². The molecule has 1 saturated heterocycles. The first-order chi connectivity index (χ1) is 6.59. The molecule has 1 aliphatic heterocycles. The molecule has 3 unspecified atom stereocenters. The van der Waals surface area contributed by atoms with Gasteiger partial charge in [-0.3, -0.25) is 0 Å². The summed E-state index contributed by atoms with van der Waals surface area (Å²) in [6.07, 6.45) is 0.452.